The van der Waals surface area contributed by atoms with Crippen LogP contribution in [0, 0.1) is 0 Å². The number of likely N-dealkylation sites (N-methyl/N-ethyl adjacent to an activating group) is 1. The van der Waals surface area contributed by atoms with Crippen LogP contribution in [-0.2, 0) is 16.0 Å². The first-order chi connectivity index (χ1) is 15.0. The van der Waals surface area contributed by atoms with Gasteiger partial charge in [-0.2, -0.15) is 0 Å². The molecule has 0 radical (unpaired) electrons. The Bertz CT molecular complexity index is 849. The van der Waals surface area contributed by atoms with E-state index in [0.717, 1.165) is 5.56 Å². The first-order valence-electron chi connectivity index (χ1n) is 9.93. The largest absolute Gasteiger partial charge is 0.487 e. The quantitative estimate of drug-likeness (QED) is 0.342. The van der Waals surface area contributed by atoms with Gasteiger partial charge in [0, 0.05) is 31.7 Å². The van der Waals surface area contributed by atoms with E-state index in [4.69, 9.17) is 21.1 Å². The number of amides is 2. The van der Waals surface area contributed by atoms with Crippen LogP contribution in [0.3, 0.4) is 0 Å². The van der Waals surface area contributed by atoms with Gasteiger partial charge in [0.15, 0.2) is 18.1 Å². The van der Waals surface area contributed by atoms with Gasteiger partial charge in [-0.1, -0.05) is 41.9 Å². The number of para-hydroxylation sites is 2. The van der Waals surface area contributed by atoms with Gasteiger partial charge < -0.3 is 30.5 Å². The number of ether oxygens (including phenoxy) is 2. The predicted molar refractivity (Wildman–Crippen MR) is 119 cm³/mol. The van der Waals surface area contributed by atoms with Gasteiger partial charge in [0.2, 0.25) is 5.91 Å². The minimum atomic E-state index is -0.758. The number of carbonyl (C=O) groups is 2. The molecule has 0 aliphatic heterocycles. The molecule has 2 amide bonds. The number of hydrogen-bond acceptors (Lipinski definition) is 6. The zero-order valence-electron chi connectivity index (χ0n) is 17.4. The Morgan fingerprint density at radius 1 is 1.00 bits per heavy atom. The molecule has 8 nitrogen and oxygen atoms in total. The van der Waals surface area contributed by atoms with Crippen molar-refractivity contribution < 1.29 is 24.2 Å². The van der Waals surface area contributed by atoms with Gasteiger partial charge in [0.05, 0.1) is 6.42 Å². The van der Waals surface area contributed by atoms with Gasteiger partial charge in [-0.25, -0.2) is 0 Å². The molecule has 9 heteroatoms. The van der Waals surface area contributed by atoms with E-state index in [0.29, 0.717) is 36.2 Å². The van der Waals surface area contributed by atoms with Crippen LogP contribution in [0.1, 0.15) is 5.56 Å². The molecule has 0 spiro atoms. The van der Waals surface area contributed by atoms with Crippen LogP contribution in [0.15, 0.2) is 48.5 Å². The van der Waals surface area contributed by atoms with E-state index in [2.05, 4.69) is 16.0 Å². The van der Waals surface area contributed by atoms with Crippen molar-refractivity contribution in [3.63, 3.8) is 0 Å². The molecule has 31 heavy (non-hydrogen) atoms. The van der Waals surface area contributed by atoms with Crippen molar-refractivity contribution in [2.75, 3.05) is 39.9 Å². The van der Waals surface area contributed by atoms with Crippen LogP contribution in [0.4, 0.5) is 0 Å². The summed E-state index contributed by atoms with van der Waals surface area (Å²) in [5, 5.41) is 19.0. The molecule has 0 heterocycles. The molecule has 0 saturated heterocycles. The summed E-state index contributed by atoms with van der Waals surface area (Å²) in [4.78, 5) is 23.3. The highest BCUT2D eigenvalue weighted by molar-refractivity contribution is 6.31. The molecule has 168 valence electrons. The molecule has 0 aromatic heterocycles. The molecular weight excluding hydrogens is 422 g/mol. The summed E-state index contributed by atoms with van der Waals surface area (Å²) < 4.78 is 11.0. The minimum Gasteiger partial charge on any atom is -0.487 e. The molecule has 1 unspecified atom stereocenters. The molecule has 0 fully saturated rings. The van der Waals surface area contributed by atoms with Gasteiger partial charge in [0.1, 0.15) is 12.7 Å². The normalized spacial score (nSPS) is 11.5. The first-order valence-corrected chi connectivity index (χ1v) is 10.3. The van der Waals surface area contributed by atoms with Crippen LogP contribution >= 0.6 is 11.6 Å². The van der Waals surface area contributed by atoms with Crippen molar-refractivity contribution in [2.45, 2.75) is 12.5 Å². The fraction of sp³-hybridized carbons (Fsp3) is 0.364. The zero-order valence-corrected chi connectivity index (χ0v) is 18.2. The highest BCUT2D eigenvalue weighted by Gasteiger charge is 2.10. The summed E-state index contributed by atoms with van der Waals surface area (Å²) in [5.41, 5.74) is 0.779. The Hall–Kier alpha value is -2.81. The van der Waals surface area contributed by atoms with Crippen molar-refractivity contribution in [3.8, 4) is 11.5 Å². The number of carbonyl (C=O) groups excluding carboxylic acids is 2. The van der Waals surface area contributed by atoms with Gasteiger partial charge in [-0.3, -0.25) is 9.59 Å². The Kier molecular flexibility index (Phi) is 10.6. The Balaban J connectivity index is 1.62. The Morgan fingerprint density at radius 2 is 1.68 bits per heavy atom. The number of aliphatic hydroxyl groups is 1. The predicted octanol–water partition coefficient (Wildman–Crippen LogP) is 1.15. The minimum absolute atomic E-state index is 0.0478. The molecule has 0 aliphatic carbocycles. The van der Waals surface area contributed by atoms with Crippen molar-refractivity contribution >= 4 is 23.4 Å². The lowest BCUT2D eigenvalue weighted by Crippen LogP contribution is -2.37. The van der Waals surface area contributed by atoms with Crippen LogP contribution < -0.4 is 25.4 Å². The molecule has 2 rings (SSSR count). The van der Waals surface area contributed by atoms with Gasteiger partial charge in [-0.15, -0.1) is 0 Å². The Labute approximate surface area is 186 Å². The summed E-state index contributed by atoms with van der Waals surface area (Å²) in [6.07, 6.45) is -0.539. The lowest BCUT2D eigenvalue weighted by atomic mass is 10.1. The maximum atomic E-state index is 12.0. The number of halogens is 1. The number of aliphatic hydroxyl groups excluding tert-OH is 1. The van der Waals surface area contributed by atoms with Crippen molar-refractivity contribution in [2.24, 2.45) is 0 Å². The summed E-state index contributed by atoms with van der Waals surface area (Å²) in [5.74, 6) is 0.495. The first kappa shape index (κ1) is 24.5. The molecular formula is C22H28ClN3O5. The molecule has 0 bridgehead atoms. The van der Waals surface area contributed by atoms with E-state index in [9.17, 15) is 14.7 Å². The SMILES string of the molecule is CNC(=O)COc1ccccc1OCC(O)CNCCNC(=O)Cc1ccccc1Cl. The second kappa shape index (κ2) is 13.5. The highest BCUT2D eigenvalue weighted by atomic mass is 35.5. The molecule has 4 N–H and O–H groups in total. The number of hydrogen-bond donors (Lipinski definition) is 4. The lowest BCUT2D eigenvalue weighted by Gasteiger charge is -2.16. The van der Waals surface area contributed by atoms with Crippen LogP contribution in [0.25, 0.3) is 0 Å². The second-order valence-corrected chi connectivity index (χ2v) is 7.10. The molecule has 0 aliphatic rings. The maximum Gasteiger partial charge on any atom is 0.257 e. The molecule has 1 atom stereocenters. The lowest BCUT2D eigenvalue weighted by molar-refractivity contribution is -0.122. The molecule has 2 aromatic carbocycles. The Morgan fingerprint density at radius 3 is 2.39 bits per heavy atom. The smallest absolute Gasteiger partial charge is 0.257 e. The van der Waals surface area contributed by atoms with Crippen molar-refractivity contribution in [3.05, 3.63) is 59.1 Å². The average molecular weight is 450 g/mol. The van der Waals surface area contributed by atoms with Crippen LogP contribution in [0.2, 0.25) is 5.02 Å². The zero-order chi connectivity index (χ0) is 22.5. The van der Waals surface area contributed by atoms with Gasteiger partial charge in [-0.05, 0) is 23.8 Å². The highest BCUT2D eigenvalue weighted by Crippen LogP contribution is 2.26. The number of benzene rings is 2. The summed E-state index contributed by atoms with van der Waals surface area (Å²) in [6, 6.07) is 14.2. The summed E-state index contributed by atoms with van der Waals surface area (Å²) in [6.45, 7) is 1.14. The topological polar surface area (TPSA) is 109 Å². The third-order valence-electron chi connectivity index (χ3n) is 4.23. The standard InChI is InChI=1S/C22H28ClN3O5/c1-24-22(29)15-31-20-9-5-4-8-19(20)30-14-17(27)13-25-10-11-26-21(28)12-16-6-2-3-7-18(16)23/h2-9,17,25,27H,10-15H2,1H3,(H,24,29)(H,26,28). The number of nitrogens with one attached hydrogen (secondary N) is 3. The van der Waals surface area contributed by atoms with Crippen molar-refractivity contribution in [1.29, 1.82) is 0 Å². The number of rotatable bonds is 13. The van der Waals surface area contributed by atoms with E-state index < -0.39 is 6.10 Å². The van der Waals surface area contributed by atoms with E-state index in [-0.39, 0.29) is 31.4 Å². The third-order valence-corrected chi connectivity index (χ3v) is 4.60. The van der Waals surface area contributed by atoms with E-state index >= 15 is 0 Å². The fourth-order valence-corrected chi connectivity index (χ4v) is 2.79. The van der Waals surface area contributed by atoms with E-state index in [1.54, 1.807) is 30.3 Å². The maximum absolute atomic E-state index is 12.0. The van der Waals surface area contributed by atoms with Crippen molar-refractivity contribution in [1.82, 2.24) is 16.0 Å². The second-order valence-electron chi connectivity index (χ2n) is 6.70. The summed E-state index contributed by atoms with van der Waals surface area (Å²) >= 11 is 6.05. The monoisotopic (exact) mass is 449 g/mol. The fourth-order valence-electron chi connectivity index (χ4n) is 2.59. The molecule has 0 saturated carbocycles. The molecule has 2 aromatic rings. The third kappa shape index (κ3) is 9.25. The van der Waals surface area contributed by atoms with Crippen LogP contribution in [0.5, 0.6) is 11.5 Å². The van der Waals surface area contributed by atoms with Crippen LogP contribution in [-0.4, -0.2) is 62.9 Å². The average Bonchev–Trinajstić information content (AvgIpc) is 2.77. The van der Waals surface area contributed by atoms with Gasteiger partial charge in [0.25, 0.3) is 5.91 Å². The summed E-state index contributed by atoms with van der Waals surface area (Å²) in [7, 11) is 1.53. The van der Waals surface area contributed by atoms with E-state index in [1.165, 1.54) is 7.05 Å². The van der Waals surface area contributed by atoms with E-state index in [1.807, 2.05) is 18.2 Å². The van der Waals surface area contributed by atoms with Gasteiger partial charge >= 0.3 is 0 Å².